The standard InChI is InChI=1S/C20H15ClF2N4O2/c1-12(28)27(17-8-14(22)7-15(23)9-17)19-10-16(11-24-26-19)25-20(29)6-13-4-2-3-5-18(13)21/h2-5,7-11H,6H2,1H3,(H,25,26,29). The summed E-state index contributed by atoms with van der Waals surface area (Å²) in [5, 5.41) is 10.7. The molecule has 1 N–H and O–H groups in total. The quantitative estimate of drug-likeness (QED) is 0.673. The third-order valence-electron chi connectivity index (χ3n) is 3.88. The van der Waals surface area contributed by atoms with Crippen LogP contribution in [0.2, 0.25) is 5.02 Å². The van der Waals surface area contributed by atoms with E-state index in [1.165, 1.54) is 19.2 Å². The summed E-state index contributed by atoms with van der Waals surface area (Å²) in [7, 11) is 0. The van der Waals surface area contributed by atoms with Gasteiger partial charge in [-0.1, -0.05) is 29.8 Å². The van der Waals surface area contributed by atoms with Crippen LogP contribution in [0.3, 0.4) is 0 Å². The van der Waals surface area contributed by atoms with Crippen LogP contribution in [-0.2, 0) is 16.0 Å². The van der Waals surface area contributed by atoms with E-state index in [1.54, 1.807) is 24.3 Å². The molecule has 2 amide bonds. The molecular formula is C20H15ClF2N4O2. The van der Waals surface area contributed by atoms with Crippen LogP contribution in [0, 0.1) is 11.6 Å². The molecule has 0 saturated heterocycles. The highest BCUT2D eigenvalue weighted by Crippen LogP contribution is 2.27. The van der Waals surface area contributed by atoms with Gasteiger partial charge in [0, 0.05) is 24.1 Å². The number of aromatic nitrogens is 2. The fourth-order valence-electron chi connectivity index (χ4n) is 2.70. The molecule has 1 aromatic heterocycles. The summed E-state index contributed by atoms with van der Waals surface area (Å²) < 4.78 is 27.2. The van der Waals surface area contributed by atoms with E-state index in [2.05, 4.69) is 15.5 Å². The summed E-state index contributed by atoms with van der Waals surface area (Å²) in [4.78, 5) is 25.4. The Morgan fingerprint density at radius 2 is 1.79 bits per heavy atom. The first-order valence-corrected chi connectivity index (χ1v) is 8.84. The molecule has 29 heavy (non-hydrogen) atoms. The first kappa shape index (κ1) is 20.3. The Morgan fingerprint density at radius 3 is 2.45 bits per heavy atom. The first-order valence-electron chi connectivity index (χ1n) is 8.46. The summed E-state index contributed by atoms with van der Waals surface area (Å²) >= 11 is 6.06. The number of anilines is 3. The van der Waals surface area contributed by atoms with E-state index < -0.39 is 17.5 Å². The van der Waals surface area contributed by atoms with Crippen molar-refractivity contribution in [3.8, 4) is 0 Å². The summed E-state index contributed by atoms with van der Waals surface area (Å²) in [6, 6.07) is 11.0. The van der Waals surface area contributed by atoms with Crippen molar-refractivity contribution < 1.29 is 18.4 Å². The lowest BCUT2D eigenvalue weighted by molar-refractivity contribution is -0.116. The Labute approximate surface area is 170 Å². The maximum absolute atomic E-state index is 13.6. The van der Waals surface area contributed by atoms with Gasteiger partial charge in [0.2, 0.25) is 11.8 Å². The SMILES string of the molecule is CC(=O)N(c1cc(F)cc(F)c1)c1cc(NC(=O)Cc2ccccc2Cl)cnn1. The summed E-state index contributed by atoms with van der Waals surface area (Å²) in [6.07, 6.45) is 1.32. The molecule has 6 nitrogen and oxygen atoms in total. The number of nitrogens with zero attached hydrogens (tertiary/aromatic N) is 3. The molecular weight excluding hydrogens is 402 g/mol. The average molecular weight is 417 g/mol. The van der Waals surface area contributed by atoms with Gasteiger partial charge in [0.25, 0.3) is 0 Å². The minimum Gasteiger partial charge on any atom is -0.324 e. The number of rotatable bonds is 5. The zero-order chi connectivity index (χ0) is 21.0. The predicted octanol–water partition coefficient (Wildman–Crippen LogP) is 4.27. The fourth-order valence-corrected chi connectivity index (χ4v) is 2.90. The molecule has 0 spiro atoms. The summed E-state index contributed by atoms with van der Waals surface area (Å²) in [5.74, 6) is -2.59. The van der Waals surface area contributed by atoms with Crippen LogP contribution >= 0.6 is 11.6 Å². The molecule has 2 aromatic carbocycles. The predicted molar refractivity (Wildman–Crippen MR) is 105 cm³/mol. The van der Waals surface area contributed by atoms with Crippen molar-refractivity contribution in [1.82, 2.24) is 10.2 Å². The van der Waals surface area contributed by atoms with Crippen molar-refractivity contribution in [2.75, 3.05) is 10.2 Å². The highest BCUT2D eigenvalue weighted by atomic mass is 35.5. The average Bonchev–Trinajstić information content (AvgIpc) is 2.63. The van der Waals surface area contributed by atoms with Gasteiger partial charge in [-0.3, -0.25) is 14.5 Å². The zero-order valence-corrected chi connectivity index (χ0v) is 16.0. The molecule has 3 rings (SSSR count). The van der Waals surface area contributed by atoms with Crippen LogP contribution < -0.4 is 10.2 Å². The van der Waals surface area contributed by atoms with E-state index in [4.69, 9.17) is 11.6 Å². The molecule has 148 valence electrons. The Kier molecular flexibility index (Phi) is 6.13. The number of hydrogen-bond donors (Lipinski definition) is 1. The summed E-state index contributed by atoms with van der Waals surface area (Å²) in [5.41, 5.74) is 0.855. The lowest BCUT2D eigenvalue weighted by Crippen LogP contribution is -2.25. The van der Waals surface area contributed by atoms with Gasteiger partial charge in [0.05, 0.1) is 24.0 Å². The molecule has 3 aromatic rings. The maximum atomic E-state index is 13.6. The Balaban J connectivity index is 1.84. The third kappa shape index (κ3) is 5.11. The van der Waals surface area contributed by atoms with Gasteiger partial charge in [0.15, 0.2) is 5.82 Å². The van der Waals surface area contributed by atoms with Crippen molar-refractivity contribution >= 4 is 40.6 Å². The van der Waals surface area contributed by atoms with Crippen LogP contribution in [0.25, 0.3) is 0 Å². The molecule has 0 aliphatic carbocycles. The molecule has 0 saturated carbocycles. The Morgan fingerprint density at radius 1 is 1.10 bits per heavy atom. The van der Waals surface area contributed by atoms with E-state index in [0.29, 0.717) is 16.7 Å². The van der Waals surface area contributed by atoms with Gasteiger partial charge < -0.3 is 5.32 Å². The van der Waals surface area contributed by atoms with Crippen LogP contribution in [0.4, 0.5) is 26.0 Å². The Hall–Kier alpha value is -3.39. The maximum Gasteiger partial charge on any atom is 0.229 e. The van der Waals surface area contributed by atoms with Crippen LogP contribution in [0.15, 0.2) is 54.7 Å². The number of nitrogens with one attached hydrogen (secondary N) is 1. The van der Waals surface area contributed by atoms with Crippen LogP contribution in [0.1, 0.15) is 12.5 Å². The molecule has 0 unspecified atom stereocenters. The zero-order valence-electron chi connectivity index (χ0n) is 15.2. The molecule has 0 aliphatic heterocycles. The van der Waals surface area contributed by atoms with Crippen LogP contribution in [-0.4, -0.2) is 22.0 Å². The van der Waals surface area contributed by atoms with E-state index in [0.717, 1.165) is 17.0 Å². The van der Waals surface area contributed by atoms with Gasteiger partial charge in [-0.25, -0.2) is 8.78 Å². The van der Waals surface area contributed by atoms with E-state index in [1.807, 2.05) is 0 Å². The van der Waals surface area contributed by atoms with Crippen molar-refractivity contribution in [2.24, 2.45) is 0 Å². The van der Waals surface area contributed by atoms with Crippen LogP contribution in [0.5, 0.6) is 0 Å². The minimum absolute atomic E-state index is 0.00181. The number of carbonyl (C=O) groups excluding carboxylic acids is 2. The number of benzene rings is 2. The monoisotopic (exact) mass is 416 g/mol. The lowest BCUT2D eigenvalue weighted by Gasteiger charge is -2.20. The fraction of sp³-hybridized carbons (Fsp3) is 0.100. The normalized spacial score (nSPS) is 10.5. The highest BCUT2D eigenvalue weighted by Gasteiger charge is 2.19. The van der Waals surface area contributed by atoms with Crippen molar-refractivity contribution in [2.45, 2.75) is 13.3 Å². The smallest absolute Gasteiger partial charge is 0.229 e. The van der Waals surface area contributed by atoms with E-state index in [-0.39, 0.29) is 29.5 Å². The number of hydrogen-bond acceptors (Lipinski definition) is 4. The van der Waals surface area contributed by atoms with E-state index in [9.17, 15) is 18.4 Å². The molecule has 9 heteroatoms. The lowest BCUT2D eigenvalue weighted by atomic mass is 10.1. The minimum atomic E-state index is -0.844. The van der Waals surface area contributed by atoms with Gasteiger partial charge in [-0.05, 0) is 23.8 Å². The molecule has 0 aliphatic rings. The molecule has 0 atom stereocenters. The summed E-state index contributed by atoms with van der Waals surface area (Å²) in [6.45, 7) is 1.22. The molecule has 1 heterocycles. The highest BCUT2D eigenvalue weighted by molar-refractivity contribution is 6.31. The number of carbonyl (C=O) groups is 2. The second-order valence-corrected chi connectivity index (χ2v) is 6.51. The van der Waals surface area contributed by atoms with Gasteiger partial charge in [-0.2, -0.15) is 5.10 Å². The third-order valence-corrected chi connectivity index (χ3v) is 4.25. The van der Waals surface area contributed by atoms with E-state index >= 15 is 0 Å². The van der Waals surface area contributed by atoms with Crippen molar-refractivity contribution in [1.29, 1.82) is 0 Å². The number of halogens is 3. The topological polar surface area (TPSA) is 75.2 Å². The van der Waals surface area contributed by atoms with Crippen molar-refractivity contribution in [3.63, 3.8) is 0 Å². The molecule has 0 fully saturated rings. The van der Waals surface area contributed by atoms with Gasteiger partial charge in [0.1, 0.15) is 11.6 Å². The molecule has 0 bridgehead atoms. The second kappa shape index (κ2) is 8.74. The van der Waals surface area contributed by atoms with Crippen molar-refractivity contribution in [3.05, 3.63) is 76.9 Å². The van der Waals surface area contributed by atoms with Gasteiger partial charge >= 0.3 is 0 Å². The largest absolute Gasteiger partial charge is 0.324 e. The van der Waals surface area contributed by atoms with Gasteiger partial charge in [-0.15, -0.1) is 5.10 Å². The first-order chi connectivity index (χ1) is 13.8. The Bertz CT molecular complexity index is 1060. The number of amides is 2. The molecule has 0 radical (unpaired) electrons. The second-order valence-electron chi connectivity index (χ2n) is 6.10.